The Balaban J connectivity index is 1.51. The van der Waals surface area contributed by atoms with Crippen LogP contribution in [0.2, 0.25) is 0 Å². The van der Waals surface area contributed by atoms with Gasteiger partial charge in [0, 0.05) is 32.5 Å². The van der Waals surface area contributed by atoms with Crippen LogP contribution in [0, 0.1) is 5.92 Å². The maximum Gasteiger partial charge on any atom is 0.252 e. The van der Waals surface area contributed by atoms with Crippen molar-refractivity contribution in [2.75, 3.05) is 20.2 Å². The second-order valence-corrected chi connectivity index (χ2v) is 6.85. The van der Waals surface area contributed by atoms with Crippen LogP contribution in [0.4, 0.5) is 0 Å². The molecule has 1 saturated heterocycles. The molecule has 1 aliphatic heterocycles. The third kappa shape index (κ3) is 4.31. The molecule has 6 nitrogen and oxygen atoms in total. The number of aromatic nitrogens is 2. The summed E-state index contributed by atoms with van der Waals surface area (Å²) in [7, 11) is 1.61. The molecule has 2 aliphatic rings. The van der Waals surface area contributed by atoms with Crippen molar-refractivity contribution < 1.29 is 14.1 Å². The first-order valence-corrected chi connectivity index (χ1v) is 8.85. The Morgan fingerprint density at radius 2 is 2.13 bits per heavy atom. The molecule has 1 aromatic heterocycles. The molecule has 2 heterocycles. The van der Waals surface area contributed by atoms with Gasteiger partial charge in [0.05, 0.1) is 0 Å². The summed E-state index contributed by atoms with van der Waals surface area (Å²) in [6.45, 7) is 1.92. The lowest BCUT2D eigenvalue weighted by molar-refractivity contribution is -0.132. The largest absolute Gasteiger partial charge is 0.375 e. The summed E-state index contributed by atoms with van der Waals surface area (Å²) in [5, 5.41) is 4.06. The fourth-order valence-electron chi connectivity index (χ4n) is 3.82. The van der Waals surface area contributed by atoms with E-state index in [1.807, 2.05) is 4.90 Å². The standard InChI is InChI=1S/C17H27N3O3/c1-22-12-15-18-17(19-23-15)14-7-4-10-20(11-14)16(21)9-8-13-5-2-3-6-13/h13-14H,2-12H2,1H3. The molecule has 1 aliphatic carbocycles. The number of amides is 1. The second kappa shape index (κ2) is 7.90. The number of methoxy groups -OCH3 is 1. The fraction of sp³-hybridized carbons (Fsp3) is 0.824. The van der Waals surface area contributed by atoms with Gasteiger partial charge in [0.2, 0.25) is 5.91 Å². The molecule has 0 N–H and O–H groups in total. The lowest BCUT2D eigenvalue weighted by Gasteiger charge is -2.31. The zero-order valence-corrected chi connectivity index (χ0v) is 14.0. The molecule has 0 bridgehead atoms. The van der Waals surface area contributed by atoms with Crippen molar-refractivity contribution in [3.05, 3.63) is 11.7 Å². The number of carbonyl (C=O) groups is 1. The molecule has 128 valence electrons. The molecule has 3 rings (SSSR count). The molecule has 1 saturated carbocycles. The minimum absolute atomic E-state index is 0.188. The van der Waals surface area contributed by atoms with Crippen molar-refractivity contribution in [3.63, 3.8) is 0 Å². The number of piperidine rings is 1. The van der Waals surface area contributed by atoms with Gasteiger partial charge in [-0.3, -0.25) is 4.79 Å². The van der Waals surface area contributed by atoms with E-state index in [0.717, 1.165) is 38.3 Å². The molecule has 1 unspecified atom stereocenters. The number of hydrogen-bond donors (Lipinski definition) is 0. The number of carbonyl (C=O) groups excluding carboxylic acids is 1. The van der Waals surface area contributed by atoms with E-state index in [4.69, 9.17) is 9.26 Å². The van der Waals surface area contributed by atoms with Gasteiger partial charge in [-0.15, -0.1) is 0 Å². The van der Waals surface area contributed by atoms with Gasteiger partial charge in [0.25, 0.3) is 5.89 Å². The summed E-state index contributed by atoms with van der Waals surface area (Å²) in [5.74, 6) is 2.47. The Morgan fingerprint density at radius 1 is 1.30 bits per heavy atom. The number of nitrogens with zero attached hydrogens (tertiary/aromatic N) is 3. The van der Waals surface area contributed by atoms with E-state index in [9.17, 15) is 4.79 Å². The summed E-state index contributed by atoms with van der Waals surface area (Å²) in [6, 6.07) is 0. The van der Waals surface area contributed by atoms with Crippen molar-refractivity contribution in [2.45, 2.75) is 63.9 Å². The molecular weight excluding hydrogens is 294 g/mol. The number of rotatable bonds is 6. The van der Waals surface area contributed by atoms with Crippen molar-refractivity contribution >= 4 is 5.91 Å². The van der Waals surface area contributed by atoms with E-state index in [-0.39, 0.29) is 5.92 Å². The zero-order chi connectivity index (χ0) is 16.1. The van der Waals surface area contributed by atoms with E-state index >= 15 is 0 Å². The highest BCUT2D eigenvalue weighted by molar-refractivity contribution is 5.76. The highest BCUT2D eigenvalue weighted by Crippen LogP contribution is 2.30. The van der Waals surface area contributed by atoms with Crippen LogP contribution < -0.4 is 0 Å². The molecule has 0 aromatic carbocycles. The molecule has 1 amide bonds. The van der Waals surface area contributed by atoms with Crippen LogP contribution in [0.5, 0.6) is 0 Å². The van der Waals surface area contributed by atoms with E-state index in [1.54, 1.807) is 7.11 Å². The average Bonchev–Trinajstić information content (AvgIpc) is 3.25. The van der Waals surface area contributed by atoms with Gasteiger partial charge in [-0.2, -0.15) is 4.98 Å². The maximum absolute atomic E-state index is 12.5. The quantitative estimate of drug-likeness (QED) is 0.806. The van der Waals surface area contributed by atoms with E-state index in [2.05, 4.69) is 10.1 Å². The van der Waals surface area contributed by atoms with Crippen molar-refractivity contribution in [2.24, 2.45) is 5.92 Å². The molecule has 1 atom stereocenters. The van der Waals surface area contributed by atoms with Crippen LogP contribution in [0.15, 0.2) is 4.52 Å². The monoisotopic (exact) mass is 321 g/mol. The minimum atomic E-state index is 0.188. The first-order chi connectivity index (χ1) is 11.3. The lowest BCUT2D eigenvalue weighted by Crippen LogP contribution is -2.39. The predicted octanol–water partition coefficient (Wildman–Crippen LogP) is 2.89. The van der Waals surface area contributed by atoms with Crippen LogP contribution in [-0.4, -0.2) is 41.1 Å². The molecule has 2 fully saturated rings. The van der Waals surface area contributed by atoms with Crippen LogP contribution in [0.25, 0.3) is 0 Å². The first kappa shape index (κ1) is 16.4. The average molecular weight is 321 g/mol. The van der Waals surface area contributed by atoms with E-state index < -0.39 is 0 Å². The highest BCUT2D eigenvalue weighted by atomic mass is 16.5. The van der Waals surface area contributed by atoms with Gasteiger partial charge in [0.15, 0.2) is 5.82 Å². The van der Waals surface area contributed by atoms with Gasteiger partial charge >= 0.3 is 0 Å². The van der Waals surface area contributed by atoms with Gasteiger partial charge in [0.1, 0.15) is 6.61 Å². The Hall–Kier alpha value is -1.43. The Bertz CT molecular complexity index is 511. The number of hydrogen-bond acceptors (Lipinski definition) is 5. The van der Waals surface area contributed by atoms with Crippen LogP contribution in [-0.2, 0) is 16.1 Å². The topological polar surface area (TPSA) is 68.5 Å². The smallest absolute Gasteiger partial charge is 0.252 e. The number of ether oxygens (including phenoxy) is 1. The molecular formula is C17H27N3O3. The van der Waals surface area contributed by atoms with Gasteiger partial charge in [-0.25, -0.2) is 0 Å². The SMILES string of the molecule is COCc1nc(C2CCCN(C(=O)CCC3CCCC3)C2)no1. The van der Waals surface area contributed by atoms with Crippen LogP contribution in [0.1, 0.15) is 69.0 Å². The maximum atomic E-state index is 12.5. The lowest BCUT2D eigenvalue weighted by atomic mass is 9.96. The van der Waals surface area contributed by atoms with Crippen LogP contribution >= 0.6 is 0 Å². The minimum Gasteiger partial charge on any atom is -0.375 e. The highest BCUT2D eigenvalue weighted by Gasteiger charge is 2.28. The molecule has 6 heteroatoms. The van der Waals surface area contributed by atoms with Crippen LogP contribution in [0.3, 0.4) is 0 Å². The summed E-state index contributed by atoms with van der Waals surface area (Å²) in [5.41, 5.74) is 0. The van der Waals surface area contributed by atoms with Crippen molar-refractivity contribution in [1.82, 2.24) is 15.0 Å². The fourth-order valence-corrected chi connectivity index (χ4v) is 3.82. The first-order valence-electron chi connectivity index (χ1n) is 8.85. The van der Waals surface area contributed by atoms with Crippen molar-refractivity contribution in [1.29, 1.82) is 0 Å². The molecule has 0 spiro atoms. The zero-order valence-electron chi connectivity index (χ0n) is 14.0. The van der Waals surface area contributed by atoms with Crippen molar-refractivity contribution in [3.8, 4) is 0 Å². The molecule has 0 radical (unpaired) electrons. The summed E-state index contributed by atoms with van der Waals surface area (Å²) in [6.07, 6.45) is 9.06. The normalized spacial score (nSPS) is 22.7. The summed E-state index contributed by atoms with van der Waals surface area (Å²) < 4.78 is 10.2. The summed E-state index contributed by atoms with van der Waals surface area (Å²) >= 11 is 0. The third-order valence-corrected chi connectivity index (χ3v) is 5.13. The molecule has 23 heavy (non-hydrogen) atoms. The second-order valence-electron chi connectivity index (χ2n) is 6.85. The van der Waals surface area contributed by atoms with E-state index in [1.165, 1.54) is 25.7 Å². The third-order valence-electron chi connectivity index (χ3n) is 5.13. The Morgan fingerprint density at radius 3 is 2.91 bits per heavy atom. The van der Waals surface area contributed by atoms with Gasteiger partial charge < -0.3 is 14.2 Å². The number of likely N-dealkylation sites (tertiary alicyclic amines) is 1. The predicted molar refractivity (Wildman–Crippen MR) is 84.8 cm³/mol. The van der Waals surface area contributed by atoms with E-state index in [0.29, 0.717) is 30.7 Å². The summed E-state index contributed by atoms with van der Waals surface area (Å²) in [4.78, 5) is 18.9. The van der Waals surface area contributed by atoms with Gasteiger partial charge in [-0.05, 0) is 25.2 Å². The Labute approximate surface area is 137 Å². The Kier molecular flexibility index (Phi) is 5.65. The van der Waals surface area contributed by atoms with Gasteiger partial charge in [-0.1, -0.05) is 30.8 Å². The molecule has 1 aromatic rings.